The summed E-state index contributed by atoms with van der Waals surface area (Å²) in [6, 6.07) is 0. The van der Waals surface area contributed by atoms with Gasteiger partial charge in [-0.3, -0.25) is 4.68 Å². The molecule has 84 valence electrons. The van der Waals surface area contributed by atoms with E-state index in [1.54, 1.807) is 0 Å². The second kappa shape index (κ2) is 3.36. The van der Waals surface area contributed by atoms with E-state index in [0.717, 1.165) is 5.92 Å². The van der Waals surface area contributed by atoms with Crippen molar-refractivity contribution in [1.29, 1.82) is 0 Å². The van der Waals surface area contributed by atoms with Crippen LogP contribution in [0.15, 0.2) is 6.20 Å². The Labute approximate surface area is 92.7 Å². The first-order chi connectivity index (χ1) is 6.91. The van der Waals surface area contributed by atoms with Crippen LogP contribution in [0.4, 0.5) is 0 Å². The van der Waals surface area contributed by atoms with Crippen molar-refractivity contribution in [2.24, 2.45) is 0 Å². The molecule has 1 aliphatic rings. The number of hydrogen-bond donors (Lipinski definition) is 0. The zero-order chi connectivity index (χ0) is 11.2. The van der Waals surface area contributed by atoms with E-state index in [0.29, 0.717) is 5.92 Å². The summed E-state index contributed by atoms with van der Waals surface area (Å²) in [5.74, 6) is 1.38. The van der Waals surface area contributed by atoms with Crippen molar-refractivity contribution in [3.63, 3.8) is 0 Å². The lowest BCUT2D eigenvalue weighted by Gasteiger charge is -2.23. The number of rotatable bonds is 2. The number of hydrogen-bond acceptors (Lipinski definition) is 1. The highest BCUT2D eigenvalue weighted by molar-refractivity contribution is 5.29. The van der Waals surface area contributed by atoms with Crippen LogP contribution in [0.5, 0.6) is 0 Å². The van der Waals surface area contributed by atoms with Gasteiger partial charge in [-0.05, 0) is 45.1 Å². The van der Waals surface area contributed by atoms with Crippen LogP contribution >= 0.6 is 0 Å². The van der Waals surface area contributed by atoms with Gasteiger partial charge in [0.25, 0.3) is 0 Å². The molecule has 0 atom stereocenters. The molecule has 2 rings (SSSR count). The zero-order valence-corrected chi connectivity index (χ0v) is 10.5. The van der Waals surface area contributed by atoms with E-state index in [-0.39, 0.29) is 5.54 Å². The van der Waals surface area contributed by atoms with Crippen molar-refractivity contribution in [3.05, 3.63) is 17.5 Å². The predicted octanol–water partition coefficient (Wildman–Crippen LogP) is 3.64. The molecule has 2 nitrogen and oxygen atoms in total. The molecule has 15 heavy (non-hydrogen) atoms. The maximum atomic E-state index is 4.59. The average Bonchev–Trinajstić information content (AvgIpc) is 2.81. The van der Waals surface area contributed by atoms with Crippen molar-refractivity contribution in [2.45, 2.75) is 64.8 Å². The maximum Gasteiger partial charge on any atom is 0.0546 e. The lowest BCUT2D eigenvalue weighted by atomic mass is 10.00. The molecule has 0 aliphatic heterocycles. The molecule has 0 bridgehead atoms. The highest BCUT2D eigenvalue weighted by Crippen LogP contribution is 2.44. The lowest BCUT2D eigenvalue weighted by molar-refractivity contribution is 0.343. The van der Waals surface area contributed by atoms with Gasteiger partial charge in [0.05, 0.1) is 11.7 Å². The van der Waals surface area contributed by atoms with Gasteiger partial charge in [0, 0.05) is 11.6 Å². The molecular formula is C13H22N2. The van der Waals surface area contributed by atoms with Gasteiger partial charge in [-0.25, -0.2) is 0 Å². The molecule has 0 amide bonds. The minimum Gasteiger partial charge on any atom is -0.264 e. The number of nitrogens with zero attached hydrogens (tertiary/aromatic N) is 2. The molecule has 1 aromatic rings. The van der Waals surface area contributed by atoms with Gasteiger partial charge in [0.1, 0.15) is 0 Å². The third kappa shape index (κ3) is 1.95. The minimum absolute atomic E-state index is 0.116. The first-order valence-electron chi connectivity index (χ1n) is 5.99. The van der Waals surface area contributed by atoms with Crippen molar-refractivity contribution in [2.75, 3.05) is 0 Å². The fourth-order valence-electron chi connectivity index (χ4n) is 2.12. The van der Waals surface area contributed by atoms with Crippen LogP contribution in [0.2, 0.25) is 0 Å². The second-order valence-electron chi connectivity index (χ2n) is 6.00. The Morgan fingerprint density at radius 3 is 2.33 bits per heavy atom. The van der Waals surface area contributed by atoms with E-state index < -0.39 is 0 Å². The van der Waals surface area contributed by atoms with Gasteiger partial charge in [-0.15, -0.1) is 0 Å². The third-order valence-corrected chi connectivity index (χ3v) is 3.06. The highest BCUT2D eigenvalue weighted by atomic mass is 15.3. The molecule has 0 unspecified atom stereocenters. The number of aromatic nitrogens is 2. The van der Waals surface area contributed by atoms with Crippen LogP contribution in [0.25, 0.3) is 0 Å². The van der Waals surface area contributed by atoms with Crippen LogP contribution in [-0.2, 0) is 5.54 Å². The van der Waals surface area contributed by atoms with E-state index in [2.05, 4.69) is 50.6 Å². The monoisotopic (exact) mass is 206 g/mol. The van der Waals surface area contributed by atoms with E-state index in [1.807, 2.05) is 0 Å². The summed E-state index contributed by atoms with van der Waals surface area (Å²) < 4.78 is 2.24. The molecule has 1 aromatic heterocycles. The van der Waals surface area contributed by atoms with Gasteiger partial charge >= 0.3 is 0 Å². The van der Waals surface area contributed by atoms with Crippen LogP contribution in [0.1, 0.15) is 70.6 Å². The van der Waals surface area contributed by atoms with Gasteiger partial charge in [0.15, 0.2) is 0 Å². The van der Waals surface area contributed by atoms with Gasteiger partial charge < -0.3 is 0 Å². The van der Waals surface area contributed by atoms with E-state index in [1.165, 1.54) is 24.1 Å². The standard InChI is InChI=1S/C13H22N2/c1-9(2)11-8-14-15(13(3,4)5)12(11)10-6-7-10/h8-10H,6-7H2,1-5H3. The van der Waals surface area contributed by atoms with E-state index in [9.17, 15) is 0 Å². The fourth-order valence-corrected chi connectivity index (χ4v) is 2.12. The van der Waals surface area contributed by atoms with E-state index >= 15 is 0 Å². The Morgan fingerprint density at radius 2 is 1.93 bits per heavy atom. The zero-order valence-electron chi connectivity index (χ0n) is 10.5. The van der Waals surface area contributed by atoms with Crippen LogP contribution in [0.3, 0.4) is 0 Å². The predicted molar refractivity (Wildman–Crippen MR) is 63.3 cm³/mol. The molecule has 1 saturated carbocycles. The largest absolute Gasteiger partial charge is 0.264 e. The summed E-state index contributed by atoms with van der Waals surface area (Å²) in [6.45, 7) is 11.2. The maximum absolute atomic E-state index is 4.59. The Bertz CT molecular complexity index is 351. The molecule has 1 aliphatic carbocycles. The summed E-state index contributed by atoms with van der Waals surface area (Å²) in [5.41, 5.74) is 3.07. The molecule has 0 aromatic carbocycles. The topological polar surface area (TPSA) is 17.8 Å². The molecule has 0 N–H and O–H groups in total. The smallest absolute Gasteiger partial charge is 0.0546 e. The highest BCUT2D eigenvalue weighted by Gasteiger charge is 2.33. The Morgan fingerprint density at radius 1 is 1.33 bits per heavy atom. The molecule has 0 radical (unpaired) electrons. The molecule has 0 saturated heterocycles. The van der Waals surface area contributed by atoms with Crippen molar-refractivity contribution in [1.82, 2.24) is 9.78 Å². The summed E-state index contributed by atoms with van der Waals surface area (Å²) in [5, 5.41) is 4.59. The van der Waals surface area contributed by atoms with Crippen LogP contribution in [-0.4, -0.2) is 9.78 Å². The molecular weight excluding hydrogens is 184 g/mol. The van der Waals surface area contributed by atoms with Crippen molar-refractivity contribution in [3.8, 4) is 0 Å². The fraction of sp³-hybridized carbons (Fsp3) is 0.769. The Kier molecular flexibility index (Phi) is 2.40. The Hall–Kier alpha value is -0.790. The SMILES string of the molecule is CC(C)c1cnn(C(C)(C)C)c1C1CC1. The summed E-state index contributed by atoms with van der Waals surface area (Å²) in [4.78, 5) is 0. The molecule has 2 heteroatoms. The minimum atomic E-state index is 0.116. The van der Waals surface area contributed by atoms with Crippen LogP contribution < -0.4 is 0 Å². The van der Waals surface area contributed by atoms with Crippen LogP contribution in [0, 0.1) is 0 Å². The first-order valence-corrected chi connectivity index (χ1v) is 5.99. The quantitative estimate of drug-likeness (QED) is 0.722. The van der Waals surface area contributed by atoms with Gasteiger partial charge in [0.2, 0.25) is 0 Å². The molecule has 0 spiro atoms. The molecule has 1 fully saturated rings. The third-order valence-electron chi connectivity index (χ3n) is 3.06. The molecule has 1 heterocycles. The second-order valence-corrected chi connectivity index (χ2v) is 6.00. The van der Waals surface area contributed by atoms with Gasteiger partial charge in [-0.1, -0.05) is 13.8 Å². The summed E-state index contributed by atoms with van der Waals surface area (Å²) in [7, 11) is 0. The van der Waals surface area contributed by atoms with Crippen molar-refractivity contribution < 1.29 is 0 Å². The normalized spacial score (nSPS) is 17.5. The van der Waals surface area contributed by atoms with Crippen molar-refractivity contribution >= 4 is 0 Å². The van der Waals surface area contributed by atoms with Gasteiger partial charge in [-0.2, -0.15) is 5.10 Å². The summed E-state index contributed by atoms with van der Waals surface area (Å²) >= 11 is 0. The average molecular weight is 206 g/mol. The summed E-state index contributed by atoms with van der Waals surface area (Å²) in [6.07, 6.45) is 4.77. The lowest BCUT2D eigenvalue weighted by Crippen LogP contribution is -2.25. The first kappa shape index (κ1) is 10.7. The van der Waals surface area contributed by atoms with E-state index in [4.69, 9.17) is 0 Å². The Balaban J connectivity index is 2.47.